The molecule has 0 unspecified atom stereocenters. The predicted molar refractivity (Wildman–Crippen MR) is 75.5 cm³/mol. The number of nitrogens with one attached hydrogen (secondary N) is 2. The van der Waals surface area contributed by atoms with Crippen LogP contribution < -0.4 is 10.0 Å². The maximum Gasteiger partial charge on any atom is 0.243 e. The van der Waals surface area contributed by atoms with Crippen LogP contribution in [0.2, 0.25) is 0 Å². The molecule has 5 nitrogen and oxygen atoms in total. The van der Waals surface area contributed by atoms with Crippen LogP contribution in [0.5, 0.6) is 0 Å². The SMILES string of the molecule is O=S(=O)(NCCCN1CCNCC1)c1cc(F)ccc1F. The molecule has 1 saturated heterocycles. The highest BCUT2D eigenvalue weighted by Gasteiger charge is 2.19. The largest absolute Gasteiger partial charge is 0.314 e. The molecule has 1 fully saturated rings. The summed E-state index contributed by atoms with van der Waals surface area (Å²) < 4.78 is 52.6. The summed E-state index contributed by atoms with van der Waals surface area (Å²) in [5.41, 5.74) is 0. The third kappa shape index (κ3) is 4.70. The zero-order chi connectivity index (χ0) is 15.3. The first-order valence-corrected chi connectivity index (χ1v) is 8.35. The molecule has 1 aliphatic rings. The molecule has 2 rings (SSSR count). The van der Waals surface area contributed by atoms with Gasteiger partial charge in [-0.1, -0.05) is 0 Å². The first-order valence-electron chi connectivity index (χ1n) is 6.87. The number of halogens is 2. The topological polar surface area (TPSA) is 61.4 Å². The summed E-state index contributed by atoms with van der Waals surface area (Å²) in [7, 11) is -4.01. The smallest absolute Gasteiger partial charge is 0.243 e. The van der Waals surface area contributed by atoms with Gasteiger partial charge in [0, 0.05) is 32.7 Å². The Morgan fingerprint density at radius 2 is 1.95 bits per heavy atom. The summed E-state index contributed by atoms with van der Waals surface area (Å²) in [5, 5.41) is 3.23. The van der Waals surface area contributed by atoms with Crippen LogP contribution in [0.4, 0.5) is 8.78 Å². The van der Waals surface area contributed by atoms with Gasteiger partial charge in [0.2, 0.25) is 10.0 Å². The van der Waals surface area contributed by atoms with Crippen LogP contribution in [-0.4, -0.2) is 52.6 Å². The molecule has 8 heteroatoms. The van der Waals surface area contributed by atoms with Crippen LogP contribution >= 0.6 is 0 Å². The van der Waals surface area contributed by atoms with E-state index in [-0.39, 0.29) is 6.54 Å². The second-order valence-electron chi connectivity index (χ2n) is 4.92. The van der Waals surface area contributed by atoms with E-state index in [0.29, 0.717) is 12.5 Å². The quantitative estimate of drug-likeness (QED) is 0.751. The Morgan fingerprint density at radius 1 is 1.24 bits per heavy atom. The second-order valence-corrected chi connectivity index (χ2v) is 6.65. The molecule has 0 bridgehead atoms. The Balaban J connectivity index is 1.85. The van der Waals surface area contributed by atoms with E-state index in [2.05, 4.69) is 14.9 Å². The van der Waals surface area contributed by atoms with E-state index >= 15 is 0 Å². The van der Waals surface area contributed by atoms with Crippen molar-refractivity contribution in [3.05, 3.63) is 29.8 Å². The van der Waals surface area contributed by atoms with Gasteiger partial charge in [-0.25, -0.2) is 21.9 Å². The van der Waals surface area contributed by atoms with Crippen molar-refractivity contribution in [3.8, 4) is 0 Å². The van der Waals surface area contributed by atoms with Gasteiger partial charge in [0.25, 0.3) is 0 Å². The van der Waals surface area contributed by atoms with Crippen LogP contribution in [0.1, 0.15) is 6.42 Å². The zero-order valence-corrected chi connectivity index (χ0v) is 12.4. The molecule has 118 valence electrons. The normalized spacial score (nSPS) is 17.0. The van der Waals surface area contributed by atoms with Crippen molar-refractivity contribution < 1.29 is 17.2 Å². The Hall–Kier alpha value is -1.09. The van der Waals surface area contributed by atoms with Gasteiger partial charge in [-0.3, -0.25) is 0 Å². The number of piperazine rings is 1. The molecular weight excluding hydrogens is 300 g/mol. The highest BCUT2D eigenvalue weighted by molar-refractivity contribution is 7.89. The summed E-state index contributed by atoms with van der Waals surface area (Å²) in [4.78, 5) is 1.58. The average Bonchev–Trinajstić information content (AvgIpc) is 2.47. The molecule has 0 spiro atoms. The van der Waals surface area contributed by atoms with Crippen LogP contribution in [0, 0.1) is 11.6 Å². The number of hydrogen-bond acceptors (Lipinski definition) is 4. The fourth-order valence-corrected chi connectivity index (χ4v) is 3.37. The summed E-state index contributed by atoms with van der Waals surface area (Å²) in [5.74, 6) is -1.73. The molecule has 1 aromatic carbocycles. The average molecular weight is 319 g/mol. The van der Waals surface area contributed by atoms with Gasteiger partial charge in [-0.05, 0) is 31.2 Å². The lowest BCUT2D eigenvalue weighted by Crippen LogP contribution is -2.44. The molecule has 1 aromatic rings. The molecule has 0 saturated carbocycles. The minimum Gasteiger partial charge on any atom is -0.314 e. The zero-order valence-electron chi connectivity index (χ0n) is 11.6. The van der Waals surface area contributed by atoms with Gasteiger partial charge >= 0.3 is 0 Å². The van der Waals surface area contributed by atoms with Crippen LogP contribution in [0.15, 0.2) is 23.1 Å². The molecule has 2 N–H and O–H groups in total. The predicted octanol–water partition coefficient (Wildman–Crippen LogP) is 0.538. The van der Waals surface area contributed by atoms with Gasteiger partial charge in [-0.15, -0.1) is 0 Å². The number of benzene rings is 1. The molecule has 0 amide bonds. The van der Waals surface area contributed by atoms with Crippen molar-refractivity contribution in [3.63, 3.8) is 0 Å². The maximum atomic E-state index is 13.5. The third-order valence-electron chi connectivity index (χ3n) is 3.34. The molecule has 1 heterocycles. The molecule has 0 atom stereocenters. The highest BCUT2D eigenvalue weighted by Crippen LogP contribution is 2.15. The standard InChI is InChI=1S/C13H19F2N3O2S/c14-11-2-3-12(15)13(10-11)21(19,20)17-4-1-7-18-8-5-16-6-9-18/h2-3,10,16-17H,1,4-9H2. The minimum absolute atomic E-state index is 0.197. The maximum absolute atomic E-state index is 13.5. The van der Waals surface area contributed by atoms with Gasteiger partial charge in [0.1, 0.15) is 16.5 Å². The van der Waals surface area contributed by atoms with E-state index in [1.807, 2.05) is 0 Å². The highest BCUT2D eigenvalue weighted by atomic mass is 32.2. The van der Waals surface area contributed by atoms with Crippen molar-refractivity contribution in [2.45, 2.75) is 11.3 Å². The number of sulfonamides is 1. The van der Waals surface area contributed by atoms with E-state index in [9.17, 15) is 17.2 Å². The third-order valence-corrected chi connectivity index (χ3v) is 4.81. The Bertz CT molecular complexity index is 575. The molecule has 0 radical (unpaired) electrons. The second kappa shape index (κ2) is 7.26. The van der Waals surface area contributed by atoms with Crippen molar-refractivity contribution in [1.29, 1.82) is 0 Å². The summed E-state index contributed by atoms with van der Waals surface area (Å²) in [6.07, 6.45) is 0.621. The number of rotatable bonds is 6. The Labute approximate surface area is 123 Å². The van der Waals surface area contributed by atoms with E-state index in [4.69, 9.17) is 0 Å². The number of nitrogens with zero attached hydrogens (tertiary/aromatic N) is 1. The van der Waals surface area contributed by atoms with Gasteiger partial charge in [0.05, 0.1) is 0 Å². The lowest BCUT2D eigenvalue weighted by molar-refractivity contribution is 0.239. The van der Waals surface area contributed by atoms with Crippen LogP contribution in [-0.2, 0) is 10.0 Å². The van der Waals surface area contributed by atoms with Gasteiger partial charge < -0.3 is 10.2 Å². The summed E-state index contributed by atoms with van der Waals surface area (Å²) in [6, 6.07) is 2.39. The Morgan fingerprint density at radius 3 is 2.67 bits per heavy atom. The molecule has 0 aromatic heterocycles. The van der Waals surface area contributed by atoms with Crippen LogP contribution in [0.3, 0.4) is 0 Å². The number of hydrogen-bond donors (Lipinski definition) is 2. The van der Waals surface area contributed by atoms with E-state index in [1.54, 1.807) is 0 Å². The lowest BCUT2D eigenvalue weighted by Gasteiger charge is -2.27. The molecule has 1 aliphatic heterocycles. The lowest BCUT2D eigenvalue weighted by atomic mass is 10.3. The summed E-state index contributed by atoms with van der Waals surface area (Å²) >= 11 is 0. The van der Waals surface area contributed by atoms with Gasteiger partial charge in [-0.2, -0.15) is 0 Å². The molecular formula is C13H19F2N3O2S. The van der Waals surface area contributed by atoms with Crippen molar-refractivity contribution in [2.75, 3.05) is 39.3 Å². The van der Waals surface area contributed by atoms with Crippen LogP contribution in [0.25, 0.3) is 0 Å². The molecule has 21 heavy (non-hydrogen) atoms. The first kappa shape index (κ1) is 16.3. The van der Waals surface area contributed by atoms with E-state index < -0.39 is 26.6 Å². The van der Waals surface area contributed by atoms with E-state index in [0.717, 1.165) is 44.9 Å². The monoisotopic (exact) mass is 319 g/mol. The van der Waals surface area contributed by atoms with Gasteiger partial charge in [0.15, 0.2) is 0 Å². The first-order chi connectivity index (χ1) is 9.99. The Kier molecular flexibility index (Phi) is 5.63. The molecule has 0 aliphatic carbocycles. The fraction of sp³-hybridized carbons (Fsp3) is 0.538. The van der Waals surface area contributed by atoms with Crippen molar-refractivity contribution in [1.82, 2.24) is 14.9 Å². The summed E-state index contributed by atoms with van der Waals surface area (Å²) in [6.45, 7) is 4.70. The van der Waals surface area contributed by atoms with Crippen molar-refractivity contribution in [2.24, 2.45) is 0 Å². The van der Waals surface area contributed by atoms with Crippen molar-refractivity contribution >= 4 is 10.0 Å². The fourth-order valence-electron chi connectivity index (χ4n) is 2.20. The minimum atomic E-state index is -4.01. The van der Waals surface area contributed by atoms with E-state index in [1.165, 1.54) is 0 Å².